The van der Waals surface area contributed by atoms with Gasteiger partial charge >= 0.3 is 0 Å². The summed E-state index contributed by atoms with van der Waals surface area (Å²) in [5.41, 5.74) is 1.70. The zero-order valence-corrected chi connectivity index (χ0v) is 15.6. The summed E-state index contributed by atoms with van der Waals surface area (Å²) in [6, 6.07) is 0. The highest BCUT2D eigenvalue weighted by molar-refractivity contribution is 9.17. The zero-order valence-electron chi connectivity index (χ0n) is 8.34. The first-order valence-corrected chi connectivity index (χ1v) is 25.1. The van der Waals surface area contributed by atoms with Crippen molar-refractivity contribution in [1.82, 2.24) is 0 Å². The van der Waals surface area contributed by atoms with Crippen LogP contribution in [0.4, 0.5) is 0 Å². The Labute approximate surface area is 98.1 Å². The van der Waals surface area contributed by atoms with Gasteiger partial charge < -0.3 is 0 Å². The minimum absolute atomic E-state index is 0.790. The molecule has 0 aromatic rings. The van der Waals surface area contributed by atoms with Crippen molar-refractivity contribution in [3.8, 4) is 0 Å². The van der Waals surface area contributed by atoms with E-state index in [-0.39, 0.29) is 0 Å². The van der Waals surface area contributed by atoms with Crippen molar-refractivity contribution in [1.29, 1.82) is 0 Å². The van der Waals surface area contributed by atoms with Crippen LogP contribution < -0.4 is 0 Å². The molecular weight excluding hydrogens is 301 g/mol. The predicted octanol–water partition coefficient (Wildman–Crippen LogP) is 3.87. The topological polar surface area (TPSA) is 0 Å². The van der Waals surface area contributed by atoms with Crippen LogP contribution in [0.3, 0.4) is 0 Å². The minimum Gasteiger partial charge on any atom is -0.185 e. The molecule has 4 saturated heterocycles. The van der Waals surface area contributed by atoms with Crippen LogP contribution in [0.15, 0.2) is 0 Å². The van der Waals surface area contributed by atoms with Gasteiger partial charge in [0.05, 0.1) is 0 Å². The van der Waals surface area contributed by atoms with Gasteiger partial charge in [-0.1, -0.05) is 26.2 Å². The van der Waals surface area contributed by atoms with E-state index in [1.54, 1.807) is 5.67 Å². The van der Waals surface area contributed by atoms with Crippen molar-refractivity contribution in [2.45, 2.75) is 31.9 Å². The standard InChI is InChI=1S/C5H14S4Si4/c1-10-5-11(2)8-12(3,6-10)13(4,7-10)9-11/h5H2,1-4H3. The summed E-state index contributed by atoms with van der Waals surface area (Å²) in [5, 5.41) is 0. The van der Waals surface area contributed by atoms with E-state index < -0.39 is 24.5 Å². The SMILES string of the molecule is C[Si]12C[Si]3(C)S[Si](C)(S1)[Si](C)(S2)S3. The van der Waals surface area contributed by atoms with Crippen molar-refractivity contribution < 1.29 is 0 Å². The average Bonchev–Trinajstić information content (AvgIpc) is 1.96. The van der Waals surface area contributed by atoms with Crippen molar-refractivity contribution >= 4 is 67.2 Å². The monoisotopic (exact) mass is 314 g/mol. The molecule has 0 amide bonds. The molecule has 4 heterocycles. The molecule has 4 fully saturated rings. The Bertz CT molecular complexity index is 254. The van der Waals surface area contributed by atoms with E-state index in [1.165, 1.54) is 0 Å². The Hall–Kier alpha value is 2.27. The van der Waals surface area contributed by atoms with Crippen LogP contribution in [0.1, 0.15) is 0 Å². The van der Waals surface area contributed by atoms with E-state index in [0.717, 1.165) is 0 Å². The quantitative estimate of drug-likeness (QED) is 0.622. The molecule has 0 aromatic carbocycles. The first-order chi connectivity index (χ1) is 5.79. The van der Waals surface area contributed by atoms with Gasteiger partial charge in [0, 0.05) is 0 Å². The molecule has 4 bridgehead atoms. The third-order valence-corrected chi connectivity index (χ3v) is 111. The number of rotatable bonds is 0. The van der Waals surface area contributed by atoms with Gasteiger partial charge in [-0.05, 0) is 5.67 Å². The Morgan fingerprint density at radius 1 is 0.692 bits per heavy atom. The van der Waals surface area contributed by atoms with Crippen molar-refractivity contribution in [3.63, 3.8) is 0 Å². The Balaban J connectivity index is 2.14. The smallest absolute Gasteiger partial charge is 0.175 e. The molecule has 74 valence electrons. The molecule has 0 atom stereocenters. The van der Waals surface area contributed by atoms with Gasteiger partial charge in [-0.15, -0.1) is 0 Å². The molecule has 4 aliphatic heterocycles. The van der Waals surface area contributed by atoms with E-state index in [9.17, 15) is 0 Å². The molecule has 0 unspecified atom stereocenters. The van der Waals surface area contributed by atoms with E-state index in [1.807, 2.05) is 0 Å². The second-order valence-corrected chi connectivity index (χ2v) is 59.2. The molecule has 4 aliphatic rings. The maximum Gasteiger partial charge on any atom is 0.175 e. The summed E-state index contributed by atoms with van der Waals surface area (Å²) in [7, 11) is 10.3. The molecule has 13 heavy (non-hydrogen) atoms. The van der Waals surface area contributed by atoms with E-state index in [0.29, 0.717) is 0 Å². The van der Waals surface area contributed by atoms with E-state index >= 15 is 0 Å². The first-order valence-electron chi connectivity index (χ1n) is 4.59. The highest BCUT2D eigenvalue weighted by Gasteiger charge is 2.77. The fraction of sp³-hybridized carbons (Fsp3) is 1.00. The maximum absolute atomic E-state index is 2.71. The molecule has 0 aromatic heterocycles. The summed E-state index contributed by atoms with van der Waals surface area (Å²) >= 11 is 0. The minimum atomic E-state index is -0.813. The normalized spacial score (nSPS) is 69.2. The van der Waals surface area contributed by atoms with Crippen LogP contribution >= 0.6 is 42.6 Å². The predicted molar refractivity (Wildman–Crippen MR) is 81.6 cm³/mol. The largest absolute Gasteiger partial charge is 0.185 e. The lowest BCUT2D eigenvalue weighted by atomic mass is 11.8. The van der Waals surface area contributed by atoms with Crippen molar-refractivity contribution in [2.75, 3.05) is 0 Å². The first kappa shape index (κ1) is 10.4. The molecule has 4 rings (SSSR count). The summed E-state index contributed by atoms with van der Waals surface area (Å²) in [5.74, 6) is -1.63. The summed E-state index contributed by atoms with van der Waals surface area (Å²) < 4.78 is 0. The van der Waals surface area contributed by atoms with Crippen LogP contribution in [0.2, 0.25) is 31.9 Å². The van der Waals surface area contributed by atoms with Crippen molar-refractivity contribution in [3.05, 3.63) is 0 Å². The van der Waals surface area contributed by atoms with Crippen LogP contribution in [0.25, 0.3) is 0 Å². The second-order valence-electron chi connectivity index (χ2n) is 4.74. The Morgan fingerprint density at radius 2 is 1.00 bits per heavy atom. The van der Waals surface area contributed by atoms with Gasteiger partial charge in [-0.2, -0.15) is 42.6 Å². The fourth-order valence-corrected chi connectivity index (χ4v) is 228. The van der Waals surface area contributed by atoms with Gasteiger partial charge in [0.15, 0.2) is 24.5 Å². The van der Waals surface area contributed by atoms with Crippen LogP contribution in [-0.2, 0) is 0 Å². The molecule has 0 nitrogen and oxygen atoms in total. The van der Waals surface area contributed by atoms with Crippen LogP contribution in [-0.4, -0.2) is 24.5 Å². The van der Waals surface area contributed by atoms with Crippen LogP contribution in [0.5, 0.6) is 0 Å². The summed E-state index contributed by atoms with van der Waals surface area (Å²) in [6.07, 6.45) is -1.58. The Kier molecular flexibility index (Phi) is 2.06. The number of hydrogen-bond donors (Lipinski definition) is 0. The fourth-order valence-electron chi connectivity index (χ4n) is 2.83. The van der Waals surface area contributed by atoms with Gasteiger partial charge in [-0.25, -0.2) is 0 Å². The van der Waals surface area contributed by atoms with Crippen molar-refractivity contribution in [2.24, 2.45) is 0 Å². The average molecular weight is 315 g/mol. The third kappa shape index (κ3) is 1.26. The zero-order chi connectivity index (χ0) is 9.54. The van der Waals surface area contributed by atoms with Gasteiger partial charge in [0.25, 0.3) is 0 Å². The van der Waals surface area contributed by atoms with Gasteiger partial charge in [0.2, 0.25) is 0 Å². The molecular formula is C5H14S4Si4. The summed E-state index contributed by atoms with van der Waals surface area (Å²) in [6.45, 7) is 10.8. The molecule has 0 saturated carbocycles. The lowest BCUT2D eigenvalue weighted by Crippen LogP contribution is -2.41. The van der Waals surface area contributed by atoms with E-state index in [4.69, 9.17) is 0 Å². The van der Waals surface area contributed by atoms with Gasteiger partial charge in [0.1, 0.15) is 0 Å². The highest BCUT2D eigenvalue weighted by Crippen LogP contribution is 2.79. The second kappa shape index (κ2) is 2.57. The Morgan fingerprint density at radius 3 is 1.23 bits per heavy atom. The third-order valence-electron chi connectivity index (χ3n) is 3.11. The van der Waals surface area contributed by atoms with Gasteiger partial charge in [-0.3, -0.25) is 0 Å². The van der Waals surface area contributed by atoms with E-state index in [2.05, 4.69) is 68.8 Å². The molecule has 0 radical (unpaired) electrons. The molecule has 0 aliphatic carbocycles. The summed E-state index contributed by atoms with van der Waals surface area (Å²) in [4.78, 5) is 0. The number of hydrogen-bond acceptors (Lipinski definition) is 4. The molecule has 8 heteroatoms. The van der Waals surface area contributed by atoms with Crippen LogP contribution in [0, 0.1) is 0 Å². The molecule has 0 spiro atoms. The molecule has 0 N–H and O–H groups in total. The lowest BCUT2D eigenvalue weighted by Gasteiger charge is -2.39. The maximum atomic E-state index is 2.71. The highest BCUT2D eigenvalue weighted by atomic mass is 33.0. The lowest BCUT2D eigenvalue weighted by molar-refractivity contribution is 1.84.